The van der Waals surface area contributed by atoms with E-state index in [4.69, 9.17) is 9.47 Å². The van der Waals surface area contributed by atoms with Crippen molar-refractivity contribution in [1.82, 2.24) is 0 Å². The van der Waals surface area contributed by atoms with Crippen molar-refractivity contribution in [2.75, 3.05) is 18.5 Å². The lowest BCUT2D eigenvalue weighted by Crippen LogP contribution is -2.16. The second kappa shape index (κ2) is 10.8. The number of amides is 1. The first-order chi connectivity index (χ1) is 14.2. The van der Waals surface area contributed by atoms with E-state index in [-0.39, 0.29) is 12.2 Å². The summed E-state index contributed by atoms with van der Waals surface area (Å²) < 4.78 is 12.2. The zero-order valence-electron chi connectivity index (χ0n) is 16.9. The zero-order valence-corrected chi connectivity index (χ0v) is 20.9. The maximum absolute atomic E-state index is 12.8. The lowest BCUT2D eigenvalue weighted by atomic mass is 10.1. The summed E-state index contributed by atoms with van der Waals surface area (Å²) in [4.78, 5) is 26.0. The number of thiophene rings is 1. The Morgan fingerprint density at radius 1 is 1.23 bits per heavy atom. The van der Waals surface area contributed by atoms with Gasteiger partial charge in [0.15, 0.2) is 0 Å². The molecule has 158 valence electrons. The van der Waals surface area contributed by atoms with Crippen LogP contribution in [0.3, 0.4) is 0 Å². The van der Waals surface area contributed by atoms with Gasteiger partial charge in [0, 0.05) is 14.9 Å². The molecule has 1 aromatic heterocycles. The molecule has 1 heterocycles. The second-order valence-electron chi connectivity index (χ2n) is 6.07. The largest absolute Gasteiger partial charge is 0.492 e. The van der Waals surface area contributed by atoms with Crippen LogP contribution in [0.1, 0.15) is 40.2 Å². The number of esters is 1. The fourth-order valence-electron chi connectivity index (χ4n) is 2.62. The molecule has 0 aliphatic rings. The van der Waals surface area contributed by atoms with Crippen LogP contribution in [-0.2, 0) is 9.53 Å². The highest BCUT2D eigenvalue weighted by molar-refractivity contribution is 9.11. The average Bonchev–Trinajstić information content (AvgIpc) is 2.95. The predicted octanol–water partition coefficient (Wildman–Crippen LogP) is 6.01. The van der Waals surface area contributed by atoms with Crippen LogP contribution in [-0.4, -0.2) is 25.1 Å². The summed E-state index contributed by atoms with van der Waals surface area (Å²) in [5.41, 5.74) is 1.49. The van der Waals surface area contributed by atoms with Crippen LogP contribution >= 0.6 is 43.2 Å². The normalized spacial score (nSPS) is 11.0. The molecule has 0 bridgehead atoms. The Bertz CT molecular complexity index is 1050. The number of rotatable bonds is 7. The van der Waals surface area contributed by atoms with Gasteiger partial charge in [0.1, 0.15) is 22.4 Å². The molecule has 0 aliphatic carbocycles. The Hall–Kier alpha value is -2.15. The van der Waals surface area contributed by atoms with Gasteiger partial charge in [0.05, 0.1) is 23.2 Å². The van der Waals surface area contributed by atoms with E-state index in [0.717, 1.165) is 14.9 Å². The Kier molecular flexibility index (Phi) is 8.65. The van der Waals surface area contributed by atoms with E-state index in [2.05, 4.69) is 37.2 Å². The van der Waals surface area contributed by atoms with Crippen molar-refractivity contribution in [3.63, 3.8) is 0 Å². The monoisotopic (exact) mass is 554 g/mol. The molecule has 0 aliphatic heterocycles. The number of carbonyl (C=O) groups excluding carboxylic acids is 2. The Morgan fingerprint density at radius 2 is 1.93 bits per heavy atom. The van der Waals surface area contributed by atoms with Crippen LogP contribution in [0.15, 0.2) is 26.7 Å². The number of nitrogens with zero attached hydrogens (tertiary/aromatic N) is 1. The summed E-state index contributed by atoms with van der Waals surface area (Å²) in [6.45, 7) is 7.86. The number of hydrogen-bond acceptors (Lipinski definition) is 6. The van der Waals surface area contributed by atoms with Crippen LogP contribution in [0.2, 0.25) is 0 Å². The molecule has 30 heavy (non-hydrogen) atoms. The zero-order chi connectivity index (χ0) is 22.4. The number of carbonyl (C=O) groups is 2. The van der Waals surface area contributed by atoms with Gasteiger partial charge >= 0.3 is 5.97 Å². The van der Waals surface area contributed by atoms with Gasteiger partial charge in [-0.2, -0.15) is 5.26 Å². The summed E-state index contributed by atoms with van der Waals surface area (Å²) in [5, 5.41) is 12.6. The number of nitriles is 1. The molecule has 1 amide bonds. The van der Waals surface area contributed by atoms with E-state index >= 15 is 0 Å². The maximum atomic E-state index is 12.8. The number of halogens is 2. The minimum absolute atomic E-state index is 0.125. The molecule has 1 N–H and O–H groups in total. The molecule has 0 atom stereocenters. The first-order valence-corrected chi connectivity index (χ1v) is 11.5. The van der Waals surface area contributed by atoms with Crippen LogP contribution in [0.5, 0.6) is 5.75 Å². The minimum atomic E-state index is -0.622. The molecule has 1 aromatic carbocycles. The first kappa shape index (κ1) is 24.1. The third-order valence-electron chi connectivity index (χ3n) is 4.08. The van der Waals surface area contributed by atoms with Crippen LogP contribution in [0, 0.1) is 25.2 Å². The fourth-order valence-corrected chi connectivity index (χ4v) is 5.04. The molecule has 2 rings (SSSR count). The summed E-state index contributed by atoms with van der Waals surface area (Å²) in [5.74, 6) is -0.606. The number of ether oxygens (including phenoxy) is 2. The number of benzene rings is 1. The average molecular weight is 556 g/mol. The van der Waals surface area contributed by atoms with Gasteiger partial charge in [-0.15, -0.1) is 11.3 Å². The van der Waals surface area contributed by atoms with Crippen molar-refractivity contribution in [2.24, 2.45) is 0 Å². The van der Waals surface area contributed by atoms with Gasteiger partial charge in [-0.1, -0.05) is 15.9 Å². The van der Waals surface area contributed by atoms with Crippen molar-refractivity contribution < 1.29 is 19.1 Å². The molecule has 0 radical (unpaired) electrons. The van der Waals surface area contributed by atoms with Crippen molar-refractivity contribution in [1.29, 1.82) is 5.26 Å². The molecule has 0 spiro atoms. The van der Waals surface area contributed by atoms with E-state index in [1.165, 1.54) is 17.4 Å². The minimum Gasteiger partial charge on any atom is -0.492 e. The fraction of sp³-hybridized carbons (Fsp3) is 0.286. The lowest BCUT2D eigenvalue weighted by molar-refractivity contribution is -0.112. The first-order valence-electron chi connectivity index (χ1n) is 9.05. The topological polar surface area (TPSA) is 88.4 Å². The van der Waals surface area contributed by atoms with Gasteiger partial charge in [0.25, 0.3) is 5.91 Å². The van der Waals surface area contributed by atoms with Gasteiger partial charge < -0.3 is 14.8 Å². The quantitative estimate of drug-likeness (QED) is 0.257. The SMILES string of the molecule is CCOC(=O)c1c(NC(=O)/C(C#N)=C/c2cc(Br)cc(Br)c2OCC)sc(C)c1C. The molecule has 9 heteroatoms. The van der Waals surface area contributed by atoms with Crippen LogP contribution < -0.4 is 10.1 Å². The van der Waals surface area contributed by atoms with E-state index in [1.807, 2.05) is 26.0 Å². The molecule has 6 nitrogen and oxygen atoms in total. The van der Waals surface area contributed by atoms with Crippen molar-refractivity contribution in [3.05, 3.63) is 48.2 Å². The smallest absolute Gasteiger partial charge is 0.341 e. The number of nitrogens with one attached hydrogen (secondary N) is 1. The van der Waals surface area contributed by atoms with E-state index in [0.29, 0.717) is 33.0 Å². The van der Waals surface area contributed by atoms with E-state index < -0.39 is 11.9 Å². The summed E-state index contributed by atoms with van der Waals surface area (Å²) in [7, 11) is 0. The third kappa shape index (κ3) is 5.50. The summed E-state index contributed by atoms with van der Waals surface area (Å²) in [6.07, 6.45) is 1.45. The molecule has 0 unspecified atom stereocenters. The van der Waals surface area contributed by atoms with Gasteiger partial charge in [0.2, 0.25) is 0 Å². The summed E-state index contributed by atoms with van der Waals surface area (Å²) in [6, 6.07) is 5.50. The molecule has 0 saturated heterocycles. The highest BCUT2D eigenvalue weighted by Crippen LogP contribution is 2.35. The third-order valence-corrected chi connectivity index (χ3v) is 6.25. The Morgan fingerprint density at radius 3 is 2.53 bits per heavy atom. The Balaban J connectivity index is 2.44. The van der Waals surface area contributed by atoms with Gasteiger partial charge in [-0.05, 0) is 67.4 Å². The lowest BCUT2D eigenvalue weighted by Gasteiger charge is -2.11. The molecule has 0 fully saturated rings. The summed E-state index contributed by atoms with van der Waals surface area (Å²) >= 11 is 8.10. The molecule has 2 aromatic rings. The number of hydrogen-bond donors (Lipinski definition) is 1. The number of aryl methyl sites for hydroxylation is 1. The van der Waals surface area contributed by atoms with Crippen molar-refractivity contribution >= 4 is 66.2 Å². The van der Waals surface area contributed by atoms with Crippen molar-refractivity contribution in [2.45, 2.75) is 27.7 Å². The highest BCUT2D eigenvalue weighted by Gasteiger charge is 2.23. The van der Waals surface area contributed by atoms with Crippen LogP contribution in [0.25, 0.3) is 6.08 Å². The Labute approximate surface area is 196 Å². The molecular formula is C21H20Br2N2O4S. The standard InChI is InChI=1S/C21H20Br2N2O4S/c1-5-28-18-13(8-15(22)9-16(18)23)7-14(10-24)19(26)25-20-17(21(27)29-6-2)11(3)12(4)30-20/h7-9H,5-6H2,1-4H3,(H,25,26)/b14-7+. The molecule has 0 saturated carbocycles. The van der Waals surface area contributed by atoms with Gasteiger partial charge in [-0.3, -0.25) is 4.79 Å². The second-order valence-corrected chi connectivity index (χ2v) is 9.07. The van der Waals surface area contributed by atoms with Crippen LogP contribution in [0.4, 0.5) is 5.00 Å². The predicted molar refractivity (Wildman–Crippen MR) is 125 cm³/mol. The maximum Gasteiger partial charge on any atom is 0.341 e. The van der Waals surface area contributed by atoms with Crippen molar-refractivity contribution in [3.8, 4) is 11.8 Å². The molecular weight excluding hydrogens is 536 g/mol. The van der Waals surface area contributed by atoms with E-state index in [1.54, 1.807) is 19.9 Å². The van der Waals surface area contributed by atoms with E-state index in [9.17, 15) is 14.9 Å². The van der Waals surface area contributed by atoms with Gasteiger partial charge in [-0.25, -0.2) is 4.79 Å². The number of anilines is 1. The highest BCUT2D eigenvalue weighted by atomic mass is 79.9.